The van der Waals surface area contributed by atoms with Crippen LogP contribution in [0.25, 0.3) is 11.4 Å². The van der Waals surface area contributed by atoms with Gasteiger partial charge in [0.2, 0.25) is 4.77 Å². The van der Waals surface area contributed by atoms with E-state index in [-0.39, 0.29) is 0 Å². The summed E-state index contributed by atoms with van der Waals surface area (Å²) in [5, 5.41) is 11.6. The molecule has 0 fully saturated rings. The Morgan fingerprint density at radius 3 is 2.72 bits per heavy atom. The van der Waals surface area contributed by atoms with Crippen LogP contribution in [0.3, 0.4) is 0 Å². The molecule has 0 saturated carbocycles. The summed E-state index contributed by atoms with van der Waals surface area (Å²) >= 11 is 5.30. The molecule has 6 nitrogen and oxygen atoms in total. The Morgan fingerprint density at radius 1 is 1.16 bits per heavy atom. The van der Waals surface area contributed by atoms with E-state index in [1.807, 2.05) is 43.3 Å². The van der Waals surface area contributed by atoms with E-state index in [9.17, 15) is 0 Å². The summed E-state index contributed by atoms with van der Waals surface area (Å²) in [6.45, 7) is 2.03. The number of nitrogens with zero attached hydrogens (tertiary/aromatic N) is 3. The van der Waals surface area contributed by atoms with Crippen molar-refractivity contribution >= 4 is 18.4 Å². The van der Waals surface area contributed by atoms with Gasteiger partial charge < -0.3 is 9.47 Å². The van der Waals surface area contributed by atoms with Crippen LogP contribution in [0.5, 0.6) is 11.5 Å². The highest BCUT2D eigenvalue weighted by Gasteiger charge is 2.09. The quantitative estimate of drug-likeness (QED) is 0.559. The molecular formula is C18H18N4O2S. The van der Waals surface area contributed by atoms with Crippen molar-refractivity contribution in [3.8, 4) is 22.9 Å². The second kappa shape index (κ2) is 7.31. The Kier molecular flexibility index (Phi) is 4.95. The smallest absolute Gasteiger partial charge is 0.216 e. The van der Waals surface area contributed by atoms with E-state index in [1.54, 1.807) is 31.2 Å². The van der Waals surface area contributed by atoms with Crippen molar-refractivity contribution in [2.45, 2.75) is 6.92 Å². The Balaban J connectivity index is 2.00. The molecule has 0 atom stereocenters. The van der Waals surface area contributed by atoms with Gasteiger partial charge in [0.25, 0.3) is 0 Å². The average molecular weight is 354 g/mol. The molecule has 1 N–H and O–H groups in total. The van der Waals surface area contributed by atoms with Crippen LogP contribution in [-0.2, 0) is 0 Å². The average Bonchev–Trinajstić information content (AvgIpc) is 3.00. The largest absolute Gasteiger partial charge is 0.497 e. The summed E-state index contributed by atoms with van der Waals surface area (Å²) in [6, 6.07) is 13.5. The molecule has 128 valence electrons. The number of nitrogens with one attached hydrogen (secondary N) is 1. The zero-order valence-corrected chi connectivity index (χ0v) is 15.0. The third kappa shape index (κ3) is 3.61. The van der Waals surface area contributed by atoms with E-state index in [0.29, 0.717) is 16.3 Å². The molecule has 1 heterocycles. The van der Waals surface area contributed by atoms with E-state index in [0.717, 1.165) is 22.4 Å². The standard InChI is InChI=1S/C18H18N4O2S/c1-12-5-4-6-13(9-12)17-20-21-18(25)22(17)19-11-14-7-8-15(23-2)10-16(14)24-3/h4-11H,1-3H3,(H,21,25). The van der Waals surface area contributed by atoms with Gasteiger partial charge in [-0.2, -0.15) is 14.9 Å². The van der Waals surface area contributed by atoms with Gasteiger partial charge in [0.15, 0.2) is 5.82 Å². The molecule has 3 rings (SSSR count). The molecule has 0 spiro atoms. The zero-order valence-electron chi connectivity index (χ0n) is 14.2. The summed E-state index contributed by atoms with van der Waals surface area (Å²) in [5.41, 5.74) is 2.88. The molecule has 0 unspecified atom stereocenters. The highest BCUT2D eigenvalue weighted by molar-refractivity contribution is 7.71. The Labute approximate surface area is 150 Å². The number of hydrogen-bond acceptors (Lipinski definition) is 5. The molecule has 0 aliphatic rings. The van der Waals surface area contributed by atoms with Gasteiger partial charge >= 0.3 is 0 Å². The van der Waals surface area contributed by atoms with Gasteiger partial charge in [0, 0.05) is 17.2 Å². The van der Waals surface area contributed by atoms with Crippen LogP contribution in [0.2, 0.25) is 0 Å². The predicted octanol–water partition coefficient (Wildman–Crippen LogP) is 3.82. The van der Waals surface area contributed by atoms with Crippen molar-refractivity contribution in [1.82, 2.24) is 14.9 Å². The van der Waals surface area contributed by atoms with Crippen molar-refractivity contribution in [3.05, 3.63) is 58.4 Å². The van der Waals surface area contributed by atoms with E-state index < -0.39 is 0 Å². The first-order valence-corrected chi connectivity index (χ1v) is 8.04. The lowest BCUT2D eigenvalue weighted by Crippen LogP contribution is -1.97. The summed E-state index contributed by atoms with van der Waals surface area (Å²) in [7, 11) is 3.22. The lowest BCUT2D eigenvalue weighted by molar-refractivity contribution is 0.394. The molecule has 2 aromatic carbocycles. The van der Waals surface area contributed by atoms with E-state index in [4.69, 9.17) is 21.7 Å². The van der Waals surface area contributed by atoms with E-state index >= 15 is 0 Å². The number of benzene rings is 2. The zero-order chi connectivity index (χ0) is 17.8. The molecule has 0 radical (unpaired) electrons. The Hall–Kier alpha value is -2.93. The molecular weight excluding hydrogens is 336 g/mol. The second-order valence-corrected chi connectivity index (χ2v) is 5.77. The van der Waals surface area contributed by atoms with Gasteiger partial charge in [-0.05, 0) is 37.3 Å². The van der Waals surface area contributed by atoms with Crippen LogP contribution in [0.1, 0.15) is 11.1 Å². The first kappa shape index (κ1) is 16.9. The molecule has 0 saturated heterocycles. The number of H-pyrrole nitrogens is 1. The molecule has 1 aromatic heterocycles. The Bertz CT molecular complexity index is 975. The molecule has 0 amide bonds. The highest BCUT2D eigenvalue weighted by atomic mass is 32.1. The number of hydrogen-bond donors (Lipinski definition) is 1. The van der Waals surface area contributed by atoms with Gasteiger partial charge in [-0.15, -0.1) is 0 Å². The van der Waals surface area contributed by atoms with Crippen molar-refractivity contribution in [1.29, 1.82) is 0 Å². The van der Waals surface area contributed by atoms with Crippen LogP contribution >= 0.6 is 12.2 Å². The van der Waals surface area contributed by atoms with Gasteiger partial charge in [-0.1, -0.05) is 23.8 Å². The van der Waals surface area contributed by atoms with Crippen molar-refractivity contribution < 1.29 is 9.47 Å². The van der Waals surface area contributed by atoms with Crippen molar-refractivity contribution in [2.75, 3.05) is 14.2 Å². The maximum atomic E-state index is 5.39. The summed E-state index contributed by atoms with van der Waals surface area (Å²) in [5.74, 6) is 2.03. The fourth-order valence-corrected chi connectivity index (χ4v) is 2.59. The van der Waals surface area contributed by atoms with Crippen LogP contribution in [0.4, 0.5) is 0 Å². The molecule has 3 aromatic rings. The number of rotatable bonds is 5. The number of aryl methyl sites for hydroxylation is 1. The van der Waals surface area contributed by atoms with Crippen LogP contribution in [-0.4, -0.2) is 35.3 Å². The maximum absolute atomic E-state index is 5.39. The van der Waals surface area contributed by atoms with Gasteiger partial charge in [0.05, 0.1) is 20.4 Å². The first-order valence-electron chi connectivity index (χ1n) is 7.63. The summed E-state index contributed by atoms with van der Waals surface area (Å²) in [6.07, 6.45) is 1.68. The fraction of sp³-hybridized carbons (Fsp3) is 0.167. The summed E-state index contributed by atoms with van der Waals surface area (Å²) in [4.78, 5) is 0. The molecule has 7 heteroatoms. The lowest BCUT2D eigenvalue weighted by Gasteiger charge is -2.07. The maximum Gasteiger partial charge on any atom is 0.216 e. The first-order chi connectivity index (χ1) is 12.1. The topological polar surface area (TPSA) is 64.4 Å². The molecule has 25 heavy (non-hydrogen) atoms. The fourth-order valence-electron chi connectivity index (χ4n) is 2.41. The van der Waals surface area contributed by atoms with Gasteiger partial charge in [0.1, 0.15) is 11.5 Å². The minimum absolute atomic E-state index is 0.417. The molecule has 0 aliphatic carbocycles. The van der Waals surface area contributed by atoms with Crippen LogP contribution in [0.15, 0.2) is 47.6 Å². The Morgan fingerprint density at radius 2 is 2.00 bits per heavy atom. The summed E-state index contributed by atoms with van der Waals surface area (Å²) < 4.78 is 12.6. The SMILES string of the molecule is COc1ccc(C=Nn2c(-c3cccc(C)c3)n[nH]c2=S)c(OC)c1. The minimum Gasteiger partial charge on any atom is -0.497 e. The molecule has 0 bridgehead atoms. The second-order valence-electron chi connectivity index (χ2n) is 5.39. The minimum atomic E-state index is 0.417. The predicted molar refractivity (Wildman–Crippen MR) is 100 cm³/mol. The van der Waals surface area contributed by atoms with Crippen molar-refractivity contribution in [3.63, 3.8) is 0 Å². The monoisotopic (exact) mass is 354 g/mol. The van der Waals surface area contributed by atoms with E-state index in [2.05, 4.69) is 15.3 Å². The van der Waals surface area contributed by atoms with Gasteiger partial charge in [-0.25, -0.2) is 5.10 Å². The normalized spacial score (nSPS) is 11.0. The third-order valence-electron chi connectivity index (χ3n) is 3.68. The van der Waals surface area contributed by atoms with Gasteiger partial charge in [-0.3, -0.25) is 0 Å². The van der Waals surface area contributed by atoms with Crippen LogP contribution in [0, 0.1) is 11.7 Å². The van der Waals surface area contributed by atoms with Crippen molar-refractivity contribution in [2.24, 2.45) is 5.10 Å². The van der Waals surface area contributed by atoms with Crippen LogP contribution < -0.4 is 9.47 Å². The molecule has 0 aliphatic heterocycles. The van der Waals surface area contributed by atoms with E-state index in [1.165, 1.54) is 0 Å². The number of aromatic amines is 1. The lowest BCUT2D eigenvalue weighted by atomic mass is 10.1. The number of methoxy groups -OCH3 is 2. The highest BCUT2D eigenvalue weighted by Crippen LogP contribution is 2.24. The third-order valence-corrected chi connectivity index (χ3v) is 3.94. The number of aromatic nitrogens is 3. The number of ether oxygens (including phenoxy) is 2.